The second-order valence-corrected chi connectivity index (χ2v) is 8.07. The summed E-state index contributed by atoms with van der Waals surface area (Å²) in [5.74, 6) is -0.447. The molecule has 0 aromatic heterocycles. The minimum atomic E-state index is -0.447. The third-order valence-electron chi connectivity index (χ3n) is 3.94. The maximum Gasteiger partial charge on any atom is 0.267 e. The molecule has 0 saturated heterocycles. The molecular weight excluding hydrogens is 446 g/mol. The zero-order chi connectivity index (χ0) is 20.5. The predicted octanol–water partition coefficient (Wildman–Crippen LogP) is 5.74. The minimum absolute atomic E-state index is 0.0154. The molecular formula is C23H18BrN3OS. The smallest absolute Gasteiger partial charge is 0.267 e. The number of carbonyl (C=O) groups excluding carboxylic acids is 1. The molecule has 0 fully saturated rings. The molecule has 0 aliphatic carbocycles. The van der Waals surface area contributed by atoms with Crippen LogP contribution in [0.5, 0.6) is 0 Å². The summed E-state index contributed by atoms with van der Waals surface area (Å²) < 4.78 is 1.00. The van der Waals surface area contributed by atoms with Crippen LogP contribution in [0.1, 0.15) is 5.56 Å². The molecule has 6 heteroatoms. The van der Waals surface area contributed by atoms with E-state index >= 15 is 0 Å². The lowest BCUT2D eigenvalue weighted by Crippen LogP contribution is -2.17. The number of carbonyl (C=O) groups is 1. The second-order valence-electron chi connectivity index (χ2n) is 6.04. The van der Waals surface area contributed by atoms with Crippen molar-refractivity contribution in [1.82, 2.24) is 5.32 Å². The highest BCUT2D eigenvalue weighted by molar-refractivity contribution is 9.10. The molecule has 4 nitrogen and oxygen atoms in total. The van der Waals surface area contributed by atoms with Crippen LogP contribution in [0.3, 0.4) is 0 Å². The van der Waals surface area contributed by atoms with Gasteiger partial charge in [0.05, 0.1) is 5.69 Å². The first-order valence-electron chi connectivity index (χ1n) is 8.87. The van der Waals surface area contributed by atoms with Crippen LogP contribution >= 0.6 is 27.7 Å². The standard InChI is InChI=1S/C23H18BrN3OS/c24-19-12-10-17(11-13-19)15-26-16-18(14-25)23(28)27-21-8-4-5-9-22(21)29-20-6-2-1-3-7-20/h1-13,16,26H,15H2,(H,27,28)/b18-16-. The van der Waals surface area contributed by atoms with Crippen molar-refractivity contribution in [1.29, 1.82) is 5.26 Å². The van der Waals surface area contributed by atoms with E-state index in [9.17, 15) is 10.1 Å². The highest BCUT2D eigenvalue weighted by Gasteiger charge is 2.12. The van der Waals surface area contributed by atoms with E-state index in [4.69, 9.17) is 0 Å². The molecule has 144 valence electrons. The Labute approximate surface area is 182 Å². The van der Waals surface area contributed by atoms with Crippen LogP contribution in [0.25, 0.3) is 0 Å². The fourth-order valence-corrected chi connectivity index (χ4v) is 3.67. The van der Waals surface area contributed by atoms with E-state index in [0.29, 0.717) is 12.2 Å². The maximum atomic E-state index is 12.6. The van der Waals surface area contributed by atoms with Gasteiger partial charge in [-0.1, -0.05) is 70.2 Å². The van der Waals surface area contributed by atoms with Crippen molar-refractivity contribution in [2.45, 2.75) is 16.3 Å². The van der Waals surface area contributed by atoms with Crippen LogP contribution in [0.2, 0.25) is 0 Å². The Balaban J connectivity index is 1.66. The second kappa shape index (κ2) is 10.5. The third-order valence-corrected chi connectivity index (χ3v) is 5.55. The van der Waals surface area contributed by atoms with Crippen molar-refractivity contribution in [3.05, 3.63) is 101 Å². The first-order valence-corrected chi connectivity index (χ1v) is 10.5. The van der Waals surface area contributed by atoms with Crippen molar-refractivity contribution >= 4 is 39.3 Å². The van der Waals surface area contributed by atoms with Crippen molar-refractivity contribution in [3.8, 4) is 6.07 Å². The Morgan fingerprint density at radius 3 is 2.41 bits per heavy atom. The molecule has 0 unspecified atom stereocenters. The van der Waals surface area contributed by atoms with Crippen LogP contribution in [-0.2, 0) is 11.3 Å². The molecule has 29 heavy (non-hydrogen) atoms. The van der Waals surface area contributed by atoms with Gasteiger partial charge in [0.15, 0.2) is 0 Å². The quantitative estimate of drug-likeness (QED) is 0.346. The summed E-state index contributed by atoms with van der Waals surface area (Å²) in [6.45, 7) is 0.520. The molecule has 0 radical (unpaired) electrons. The van der Waals surface area contributed by atoms with Crippen molar-refractivity contribution in [2.75, 3.05) is 5.32 Å². The van der Waals surface area contributed by atoms with Crippen molar-refractivity contribution < 1.29 is 4.79 Å². The van der Waals surface area contributed by atoms with Gasteiger partial charge in [0, 0.05) is 27.0 Å². The number of halogens is 1. The van der Waals surface area contributed by atoms with Crippen LogP contribution < -0.4 is 10.6 Å². The van der Waals surface area contributed by atoms with Gasteiger partial charge in [-0.2, -0.15) is 5.26 Å². The molecule has 3 rings (SSSR count). The summed E-state index contributed by atoms with van der Waals surface area (Å²) in [4.78, 5) is 14.6. The minimum Gasteiger partial charge on any atom is -0.386 e. The largest absolute Gasteiger partial charge is 0.386 e. The SMILES string of the molecule is N#C/C(=C/NCc1ccc(Br)cc1)C(=O)Nc1ccccc1Sc1ccccc1. The molecule has 0 aliphatic heterocycles. The number of rotatable bonds is 7. The number of benzene rings is 3. The van der Waals surface area contributed by atoms with E-state index in [1.165, 1.54) is 6.20 Å². The van der Waals surface area contributed by atoms with E-state index in [1.807, 2.05) is 84.9 Å². The molecule has 3 aromatic carbocycles. The van der Waals surface area contributed by atoms with Gasteiger partial charge in [-0.3, -0.25) is 4.79 Å². The summed E-state index contributed by atoms with van der Waals surface area (Å²) in [5.41, 5.74) is 1.73. The fourth-order valence-electron chi connectivity index (χ4n) is 2.49. The topological polar surface area (TPSA) is 64.9 Å². The average Bonchev–Trinajstić information content (AvgIpc) is 2.74. The van der Waals surface area contributed by atoms with Crippen LogP contribution in [0.15, 0.2) is 105 Å². The van der Waals surface area contributed by atoms with Gasteiger partial charge in [-0.05, 0) is 42.0 Å². The van der Waals surface area contributed by atoms with Crippen molar-refractivity contribution in [3.63, 3.8) is 0 Å². The molecule has 3 aromatic rings. The van der Waals surface area contributed by atoms with Gasteiger partial charge in [-0.15, -0.1) is 0 Å². The molecule has 0 atom stereocenters. The zero-order valence-electron chi connectivity index (χ0n) is 15.4. The first-order chi connectivity index (χ1) is 14.2. The Hall–Kier alpha value is -3.01. The van der Waals surface area contributed by atoms with Gasteiger partial charge >= 0.3 is 0 Å². The van der Waals surface area contributed by atoms with E-state index in [-0.39, 0.29) is 5.57 Å². The van der Waals surface area contributed by atoms with Gasteiger partial charge in [0.25, 0.3) is 5.91 Å². The summed E-state index contributed by atoms with van der Waals surface area (Å²) in [6, 6.07) is 27.2. The average molecular weight is 464 g/mol. The van der Waals surface area contributed by atoms with Crippen LogP contribution in [-0.4, -0.2) is 5.91 Å². The Morgan fingerprint density at radius 2 is 1.69 bits per heavy atom. The van der Waals surface area contributed by atoms with Gasteiger partial charge < -0.3 is 10.6 Å². The highest BCUT2D eigenvalue weighted by Crippen LogP contribution is 2.33. The van der Waals surface area contributed by atoms with Crippen LogP contribution in [0, 0.1) is 11.3 Å². The monoisotopic (exact) mass is 463 g/mol. The van der Waals surface area contributed by atoms with E-state index in [0.717, 1.165) is 19.8 Å². The maximum absolute atomic E-state index is 12.6. The summed E-state index contributed by atoms with van der Waals surface area (Å²) in [5, 5.41) is 15.3. The molecule has 0 aliphatic rings. The summed E-state index contributed by atoms with van der Waals surface area (Å²) >= 11 is 4.95. The van der Waals surface area contributed by atoms with Gasteiger partial charge in [0.1, 0.15) is 11.6 Å². The number of nitrogens with zero attached hydrogens (tertiary/aromatic N) is 1. The number of anilines is 1. The number of amides is 1. The molecule has 0 heterocycles. The van der Waals surface area contributed by atoms with E-state index < -0.39 is 5.91 Å². The Morgan fingerprint density at radius 1 is 1.00 bits per heavy atom. The zero-order valence-corrected chi connectivity index (χ0v) is 17.8. The molecule has 2 N–H and O–H groups in total. The lowest BCUT2D eigenvalue weighted by Gasteiger charge is -2.10. The number of nitrogens with one attached hydrogen (secondary N) is 2. The van der Waals surface area contributed by atoms with Gasteiger partial charge in [0.2, 0.25) is 0 Å². The summed E-state index contributed by atoms with van der Waals surface area (Å²) in [6.07, 6.45) is 1.45. The predicted molar refractivity (Wildman–Crippen MR) is 120 cm³/mol. The van der Waals surface area contributed by atoms with Gasteiger partial charge in [-0.25, -0.2) is 0 Å². The van der Waals surface area contributed by atoms with Crippen LogP contribution in [0.4, 0.5) is 5.69 Å². The lowest BCUT2D eigenvalue weighted by molar-refractivity contribution is -0.112. The normalized spacial score (nSPS) is 10.8. The molecule has 0 spiro atoms. The van der Waals surface area contributed by atoms with E-state index in [1.54, 1.807) is 11.8 Å². The number of hydrogen-bond acceptors (Lipinski definition) is 4. The third kappa shape index (κ3) is 6.24. The summed E-state index contributed by atoms with van der Waals surface area (Å²) in [7, 11) is 0. The Kier molecular flexibility index (Phi) is 7.51. The molecule has 0 saturated carbocycles. The fraction of sp³-hybridized carbons (Fsp3) is 0.0435. The Bertz CT molecular complexity index is 1040. The molecule has 1 amide bonds. The first kappa shape index (κ1) is 20.7. The number of hydrogen-bond donors (Lipinski definition) is 2. The molecule has 0 bridgehead atoms. The van der Waals surface area contributed by atoms with Crippen molar-refractivity contribution in [2.24, 2.45) is 0 Å². The number of para-hydroxylation sites is 1. The van der Waals surface area contributed by atoms with E-state index in [2.05, 4.69) is 26.6 Å². The lowest BCUT2D eigenvalue weighted by atomic mass is 10.2. The number of nitriles is 1. The highest BCUT2D eigenvalue weighted by atomic mass is 79.9.